The fraction of sp³-hybridized carbons (Fsp3) is 0.889. The smallest absolute Gasteiger partial charge is 0.0748 e. The zero-order valence-corrected chi connectivity index (χ0v) is 7.81. The molecule has 65 valence electrons. The highest BCUT2D eigenvalue weighted by atomic mass is 16.3. The van der Waals surface area contributed by atoms with Crippen LogP contribution in [0.4, 0.5) is 0 Å². The standard InChI is InChI=1S/C9H18NO/c1-8(2)6-5-7(11)9(3,4)10-8/h5,7,10-11H,6H2,1-4H3. The monoisotopic (exact) mass is 156 g/mol. The van der Waals surface area contributed by atoms with Gasteiger partial charge in [0.1, 0.15) is 0 Å². The van der Waals surface area contributed by atoms with E-state index < -0.39 is 0 Å². The third-order valence-electron chi connectivity index (χ3n) is 2.25. The molecule has 0 bridgehead atoms. The molecule has 1 unspecified atom stereocenters. The van der Waals surface area contributed by atoms with E-state index in [1.807, 2.05) is 20.3 Å². The van der Waals surface area contributed by atoms with Crippen molar-refractivity contribution in [2.24, 2.45) is 0 Å². The van der Waals surface area contributed by atoms with Crippen LogP contribution in [-0.2, 0) is 0 Å². The van der Waals surface area contributed by atoms with Crippen molar-refractivity contribution in [2.75, 3.05) is 0 Å². The maximum atomic E-state index is 9.55. The molecule has 1 radical (unpaired) electrons. The number of rotatable bonds is 0. The fourth-order valence-electron chi connectivity index (χ4n) is 1.70. The Hall–Kier alpha value is -0.0800. The molecule has 1 aliphatic heterocycles. The molecule has 1 atom stereocenters. The van der Waals surface area contributed by atoms with Gasteiger partial charge < -0.3 is 10.4 Å². The van der Waals surface area contributed by atoms with Gasteiger partial charge in [0.05, 0.1) is 6.10 Å². The van der Waals surface area contributed by atoms with Gasteiger partial charge in [0.15, 0.2) is 0 Å². The highest BCUT2D eigenvalue weighted by molar-refractivity contribution is 5.06. The van der Waals surface area contributed by atoms with E-state index in [4.69, 9.17) is 0 Å². The molecular weight excluding hydrogens is 138 g/mol. The Morgan fingerprint density at radius 3 is 2.27 bits per heavy atom. The quantitative estimate of drug-likeness (QED) is 0.550. The first kappa shape index (κ1) is 9.01. The molecule has 0 aromatic rings. The molecule has 2 nitrogen and oxygen atoms in total. The van der Waals surface area contributed by atoms with Gasteiger partial charge in [-0.15, -0.1) is 0 Å². The first-order valence-corrected chi connectivity index (χ1v) is 4.14. The molecule has 0 spiro atoms. The van der Waals surface area contributed by atoms with Gasteiger partial charge in [-0.1, -0.05) is 0 Å². The van der Waals surface area contributed by atoms with Crippen LogP contribution in [-0.4, -0.2) is 22.3 Å². The Morgan fingerprint density at radius 2 is 1.91 bits per heavy atom. The second kappa shape index (κ2) is 2.46. The highest BCUT2D eigenvalue weighted by Gasteiger charge is 2.38. The summed E-state index contributed by atoms with van der Waals surface area (Å²) in [6.45, 7) is 8.35. The summed E-state index contributed by atoms with van der Waals surface area (Å²) in [5, 5.41) is 13.0. The lowest BCUT2D eigenvalue weighted by atomic mass is 9.81. The van der Waals surface area contributed by atoms with Gasteiger partial charge in [-0.25, -0.2) is 0 Å². The Balaban J connectivity index is 2.67. The minimum Gasteiger partial charge on any atom is -0.391 e. The minimum absolute atomic E-state index is 0.128. The number of hydrogen-bond donors (Lipinski definition) is 2. The van der Waals surface area contributed by atoms with Crippen molar-refractivity contribution in [1.29, 1.82) is 0 Å². The van der Waals surface area contributed by atoms with Crippen molar-refractivity contribution >= 4 is 0 Å². The molecule has 2 N–H and O–H groups in total. The van der Waals surface area contributed by atoms with Crippen molar-refractivity contribution in [1.82, 2.24) is 5.32 Å². The van der Waals surface area contributed by atoms with Crippen LogP contribution in [0.5, 0.6) is 0 Å². The number of aliphatic hydroxyl groups excluding tert-OH is 1. The van der Waals surface area contributed by atoms with Gasteiger partial charge in [-0.3, -0.25) is 0 Å². The van der Waals surface area contributed by atoms with Crippen LogP contribution < -0.4 is 5.32 Å². The number of aliphatic hydroxyl groups is 1. The van der Waals surface area contributed by atoms with E-state index in [1.54, 1.807) is 0 Å². The van der Waals surface area contributed by atoms with Crippen LogP contribution in [0.25, 0.3) is 0 Å². The average Bonchev–Trinajstić information content (AvgIpc) is 1.77. The summed E-state index contributed by atoms with van der Waals surface area (Å²) >= 11 is 0. The normalized spacial score (nSPS) is 35.2. The Bertz CT molecular complexity index is 152. The molecule has 0 amide bonds. The lowest BCUT2D eigenvalue weighted by Crippen LogP contribution is -2.62. The van der Waals surface area contributed by atoms with Crippen LogP contribution >= 0.6 is 0 Å². The Labute approximate surface area is 69.0 Å². The van der Waals surface area contributed by atoms with Crippen molar-refractivity contribution in [3.05, 3.63) is 6.42 Å². The van der Waals surface area contributed by atoms with Crippen LogP contribution in [0.2, 0.25) is 0 Å². The van der Waals surface area contributed by atoms with E-state index >= 15 is 0 Å². The number of hydrogen-bond acceptors (Lipinski definition) is 2. The van der Waals surface area contributed by atoms with Crippen LogP contribution in [0.3, 0.4) is 0 Å². The zero-order chi connectivity index (χ0) is 8.70. The topological polar surface area (TPSA) is 32.3 Å². The van der Waals surface area contributed by atoms with Gasteiger partial charge >= 0.3 is 0 Å². The van der Waals surface area contributed by atoms with E-state index in [9.17, 15) is 5.11 Å². The van der Waals surface area contributed by atoms with Gasteiger partial charge in [0.2, 0.25) is 0 Å². The third kappa shape index (κ3) is 1.94. The summed E-state index contributed by atoms with van der Waals surface area (Å²) in [5.74, 6) is 0. The summed E-state index contributed by atoms with van der Waals surface area (Å²) in [5.41, 5.74) is -0.0511. The Morgan fingerprint density at radius 1 is 1.36 bits per heavy atom. The Kier molecular flexibility index (Phi) is 2.01. The molecule has 1 heterocycles. The number of piperidine rings is 1. The van der Waals surface area contributed by atoms with Gasteiger partial charge in [-0.05, 0) is 40.5 Å². The van der Waals surface area contributed by atoms with Gasteiger partial charge in [-0.2, -0.15) is 0 Å². The van der Waals surface area contributed by atoms with Crippen LogP contribution in [0.15, 0.2) is 0 Å². The minimum atomic E-state index is -0.324. The molecule has 11 heavy (non-hydrogen) atoms. The first-order chi connectivity index (χ1) is 4.83. The van der Waals surface area contributed by atoms with Crippen LogP contribution in [0.1, 0.15) is 34.1 Å². The molecule has 1 fully saturated rings. The second-order valence-electron chi connectivity index (χ2n) is 4.62. The largest absolute Gasteiger partial charge is 0.391 e. The molecule has 0 aromatic heterocycles. The lowest BCUT2D eigenvalue weighted by Gasteiger charge is -2.45. The average molecular weight is 156 g/mol. The predicted molar refractivity (Wildman–Crippen MR) is 46.2 cm³/mol. The van der Waals surface area contributed by atoms with E-state index in [-0.39, 0.29) is 17.2 Å². The summed E-state index contributed by atoms with van der Waals surface area (Å²) in [6, 6.07) is 0. The fourth-order valence-corrected chi connectivity index (χ4v) is 1.70. The SMILES string of the molecule is CC1(C)C[CH]C(O)C(C)(C)N1. The molecule has 0 saturated carbocycles. The van der Waals surface area contributed by atoms with E-state index in [0.717, 1.165) is 6.42 Å². The molecular formula is C9H18NO. The highest BCUT2D eigenvalue weighted by Crippen LogP contribution is 2.27. The maximum Gasteiger partial charge on any atom is 0.0748 e. The van der Waals surface area contributed by atoms with E-state index in [1.165, 1.54) is 0 Å². The van der Waals surface area contributed by atoms with Crippen LogP contribution in [0, 0.1) is 6.42 Å². The number of nitrogens with one attached hydrogen (secondary N) is 1. The van der Waals surface area contributed by atoms with Crippen molar-refractivity contribution in [3.63, 3.8) is 0 Å². The predicted octanol–water partition coefficient (Wildman–Crippen LogP) is 1.10. The molecule has 1 saturated heterocycles. The van der Waals surface area contributed by atoms with Crippen molar-refractivity contribution < 1.29 is 5.11 Å². The summed E-state index contributed by atoms with van der Waals surface area (Å²) in [7, 11) is 0. The van der Waals surface area contributed by atoms with Crippen molar-refractivity contribution in [3.8, 4) is 0 Å². The third-order valence-corrected chi connectivity index (χ3v) is 2.25. The van der Waals surface area contributed by atoms with E-state index in [0.29, 0.717) is 0 Å². The second-order valence-corrected chi connectivity index (χ2v) is 4.62. The summed E-state index contributed by atoms with van der Waals surface area (Å²) in [6.07, 6.45) is 2.59. The molecule has 0 aliphatic carbocycles. The lowest BCUT2D eigenvalue weighted by molar-refractivity contribution is 0.0524. The summed E-state index contributed by atoms with van der Waals surface area (Å²) < 4.78 is 0. The zero-order valence-electron chi connectivity index (χ0n) is 7.81. The molecule has 1 aliphatic rings. The van der Waals surface area contributed by atoms with Gasteiger partial charge in [0, 0.05) is 11.1 Å². The van der Waals surface area contributed by atoms with Crippen molar-refractivity contribution in [2.45, 2.75) is 51.3 Å². The first-order valence-electron chi connectivity index (χ1n) is 4.14. The molecule has 2 heteroatoms. The maximum absolute atomic E-state index is 9.55. The van der Waals surface area contributed by atoms with Gasteiger partial charge in [0.25, 0.3) is 0 Å². The molecule has 1 rings (SSSR count). The van der Waals surface area contributed by atoms with E-state index in [2.05, 4.69) is 19.2 Å². The summed E-state index contributed by atoms with van der Waals surface area (Å²) in [4.78, 5) is 0. The molecule has 0 aromatic carbocycles.